The number of amides is 1. The molecule has 56 heavy (non-hydrogen) atoms. The number of halogens is 1. The molecule has 0 saturated carbocycles. The highest BCUT2D eigenvalue weighted by Crippen LogP contribution is 2.44. The van der Waals surface area contributed by atoms with Crippen LogP contribution in [0.4, 0.5) is 5.69 Å². The summed E-state index contributed by atoms with van der Waals surface area (Å²) < 4.78 is 51.4. The second-order valence-corrected chi connectivity index (χ2v) is 13.3. The number of methoxy groups -OCH3 is 6. The largest absolute Gasteiger partial charge is 0.493 e. The summed E-state index contributed by atoms with van der Waals surface area (Å²) in [4.78, 5) is 12.7. The van der Waals surface area contributed by atoms with Gasteiger partial charge in [-0.15, -0.1) is 0 Å². The van der Waals surface area contributed by atoms with E-state index in [1.165, 1.54) is 0 Å². The van der Waals surface area contributed by atoms with Gasteiger partial charge in [-0.05, 0) is 73.0 Å². The molecule has 1 aromatic heterocycles. The molecular formula is C42H46ClN3O10. The molecular weight excluding hydrogens is 742 g/mol. The molecule has 4 aromatic carbocycles. The Kier molecular flexibility index (Phi) is 13.2. The summed E-state index contributed by atoms with van der Waals surface area (Å²) in [5.74, 6) is 4.62. The maximum atomic E-state index is 12.7. The Balaban J connectivity index is 0.964. The second kappa shape index (κ2) is 18.6. The molecule has 296 valence electrons. The summed E-state index contributed by atoms with van der Waals surface area (Å²) in [5.41, 5.74) is 4.09. The summed E-state index contributed by atoms with van der Waals surface area (Å²) in [5, 5.41) is 11.1. The van der Waals surface area contributed by atoms with E-state index in [1.54, 1.807) is 60.9 Å². The summed E-state index contributed by atoms with van der Waals surface area (Å²) in [6.45, 7) is 1.05. The normalized spacial score (nSPS) is 13.2. The molecule has 1 unspecified atom stereocenters. The van der Waals surface area contributed by atoms with Gasteiger partial charge in [-0.1, -0.05) is 42.1 Å². The lowest BCUT2D eigenvalue weighted by atomic mass is 10.1. The van der Waals surface area contributed by atoms with Gasteiger partial charge < -0.3 is 53.1 Å². The van der Waals surface area contributed by atoms with Crippen molar-refractivity contribution in [3.8, 4) is 68.6 Å². The highest BCUT2D eigenvalue weighted by Gasteiger charge is 2.26. The number of rotatable bonds is 19. The first-order chi connectivity index (χ1) is 27.3. The van der Waals surface area contributed by atoms with Crippen molar-refractivity contribution in [3.63, 3.8) is 0 Å². The fourth-order valence-electron chi connectivity index (χ4n) is 6.41. The van der Waals surface area contributed by atoms with Gasteiger partial charge in [0.1, 0.15) is 11.9 Å². The number of hydrogen-bond donors (Lipinski definition) is 2. The summed E-state index contributed by atoms with van der Waals surface area (Å²) in [6.07, 6.45) is 4.33. The van der Waals surface area contributed by atoms with Gasteiger partial charge in [0.05, 0.1) is 61.4 Å². The monoisotopic (exact) mass is 787 g/mol. The lowest BCUT2D eigenvalue weighted by Gasteiger charge is -2.28. The Morgan fingerprint density at radius 2 is 1.21 bits per heavy atom. The zero-order valence-electron chi connectivity index (χ0n) is 32.3. The van der Waals surface area contributed by atoms with E-state index in [9.17, 15) is 4.79 Å². The average Bonchev–Trinajstić information content (AvgIpc) is 3.73. The fraction of sp³-hybridized carbons (Fsp3) is 0.333. The molecule has 0 spiro atoms. The van der Waals surface area contributed by atoms with Crippen LogP contribution in [0.25, 0.3) is 22.6 Å². The van der Waals surface area contributed by atoms with Gasteiger partial charge in [-0.3, -0.25) is 4.79 Å². The first-order valence-electron chi connectivity index (χ1n) is 18.1. The van der Waals surface area contributed by atoms with E-state index >= 15 is 0 Å². The Bertz CT molecular complexity index is 2090. The Labute approximate surface area is 331 Å². The third-order valence-corrected chi connectivity index (χ3v) is 9.57. The molecule has 0 saturated heterocycles. The van der Waals surface area contributed by atoms with E-state index in [-0.39, 0.29) is 5.91 Å². The first-order valence-corrected chi connectivity index (χ1v) is 18.5. The van der Waals surface area contributed by atoms with Crippen LogP contribution in [0.3, 0.4) is 0 Å². The molecule has 0 aliphatic carbocycles. The van der Waals surface area contributed by atoms with Gasteiger partial charge in [0, 0.05) is 27.9 Å². The van der Waals surface area contributed by atoms with Crippen molar-refractivity contribution in [1.29, 1.82) is 0 Å². The van der Waals surface area contributed by atoms with Crippen molar-refractivity contribution < 1.29 is 47.2 Å². The quantitative estimate of drug-likeness (QED) is 0.0772. The van der Waals surface area contributed by atoms with Crippen LogP contribution in [0.5, 0.6) is 46.0 Å². The number of hydrogen-bond acceptors (Lipinski definition) is 12. The van der Waals surface area contributed by atoms with Crippen LogP contribution in [0, 0.1) is 0 Å². The van der Waals surface area contributed by atoms with Gasteiger partial charge >= 0.3 is 0 Å². The predicted octanol–water partition coefficient (Wildman–Crippen LogP) is 8.98. The number of nitrogens with one attached hydrogen (secondary N) is 2. The number of benzene rings is 4. The minimum absolute atomic E-state index is 0.195. The van der Waals surface area contributed by atoms with Crippen LogP contribution in [0.15, 0.2) is 71.3 Å². The molecule has 14 heteroatoms. The molecule has 13 nitrogen and oxygen atoms in total. The summed E-state index contributed by atoms with van der Waals surface area (Å²) in [7, 11) is 9.45. The van der Waals surface area contributed by atoms with E-state index in [0.29, 0.717) is 86.8 Å². The van der Waals surface area contributed by atoms with Gasteiger partial charge in [-0.25, -0.2) is 0 Å². The molecule has 1 aliphatic rings. The van der Waals surface area contributed by atoms with Gasteiger partial charge in [0.25, 0.3) is 5.91 Å². The number of aromatic nitrogens is 1. The summed E-state index contributed by atoms with van der Waals surface area (Å²) in [6, 6.07) is 20.0. The van der Waals surface area contributed by atoms with Gasteiger partial charge in [-0.2, -0.15) is 0 Å². The lowest BCUT2D eigenvalue weighted by molar-refractivity contribution is 0.0935. The molecule has 0 radical (unpaired) electrons. The Morgan fingerprint density at radius 3 is 1.86 bits per heavy atom. The van der Waals surface area contributed by atoms with Crippen LogP contribution in [0.1, 0.15) is 54.2 Å². The molecule has 1 aliphatic heterocycles. The average molecular weight is 788 g/mol. The SMILES string of the molecule is COc1cc(C2NC(=O)c3cc(Cl)ccc3N2)ccc1OCCCCCCCOc1c(OC)cc(-c2cc(-c3cc(OC)c(OC)c(OC)c3)no2)cc1OC. The number of ether oxygens (including phenoxy) is 8. The molecule has 5 aromatic rings. The highest BCUT2D eigenvalue weighted by atomic mass is 35.5. The maximum Gasteiger partial charge on any atom is 0.255 e. The second-order valence-electron chi connectivity index (χ2n) is 12.8. The third-order valence-electron chi connectivity index (χ3n) is 9.33. The number of fused-ring (bicyclic) bond motifs is 1. The van der Waals surface area contributed by atoms with Crippen molar-refractivity contribution in [2.75, 3.05) is 61.2 Å². The van der Waals surface area contributed by atoms with Crippen molar-refractivity contribution in [2.45, 2.75) is 38.3 Å². The van der Waals surface area contributed by atoms with Crippen molar-refractivity contribution >= 4 is 23.2 Å². The predicted molar refractivity (Wildman–Crippen MR) is 212 cm³/mol. The van der Waals surface area contributed by atoms with E-state index in [1.807, 2.05) is 48.5 Å². The van der Waals surface area contributed by atoms with Crippen LogP contribution < -0.4 is 48.5 Å². The number of unbranched alkanes of at least 4 members (excludes halogenated alkanes) is 4. The maximum absolute atomic E-state index is 12.7. The zero-order chi connectivity index (χ0) is 39.6. The topological polar surface area (TPSA) is 141 Å². The van der Waals surface area contributed by atoms with Crippen molar-refractivity contribution in [1.82, 2.24) is 10.5 Å². The molecule has 0 fully saturated rings. The van der Waals surface area contributed by atoms with Crippen LogP contribution in [0.2, 0.25) is 5.02 Å². The number of carbonyl (C=O) groups is 1. The van der Waals surface area contributed by atoms with Crippen LogP contribution >= 0.6 is 11.6 Å². The number of anilines is 1. The lowest BCUT2D eigenvalue weighted by Crippen LogP contribution is -2.38. The zero-order valence-corrected chi connectivity index (χ0v) is 33.0. The van der Waals surface area contributed by atoms with Crippen LogP contribution in [-0.4, -0.2) is 66.9 Å². The molecule has 1 atom stereocenters. The van der Waals surface area contributed by atoms with Crippen molar-refractivity contribution in [3.05, 3.63) is 82.9 Å². The van der Waals surface area contributed by atoms with Crippen LogP contribution in [-0.2, 0) is 0 Å². The minimum atomic E-state index is -0.416. The fourth-order valence-corrected chi connectivity index (χ4v) is 6.58. The molecule has 2 heterocycles. The highest BCUT2D eigenvalue weighted by molar-refractivity contribution is 6.31. The minimum Gasteiger partial charge on any atom is -0.493 e. The van der Waals surface area contributed by atoms with Gasteiger partial charge in [0.15, 0.2) is 40.3 Å². The number of carbonyl (C=O) groups excluding carboxylic acids is 1. The standard InChI is InChI=1S/C42H46ClN3O10/c1-48-34-18-25(41-44-30-14-13-28(43)23-29(30)42(47)45-41)12-15-32(34)54-16-10-8-7-9-11-17-55-40-37(51-4)21-27(22-38(40)52-5)33-24-31(46-56-33)26-19-35(49-2)39(53-6)36(20-26)50-3/h12-15,18-24,41,44H,7-11,16-17H2,1-6H3,(H,45,47). The van der Waals surface area contributed by atoms with E-state index in [2.05, 4.69) is 15.8 Å². The van der Waals surface area contributed by atoms with Gasteiger partial charge in [0.2, 0.25) is 11.5 Å². The Hall–Kier alpha value is -5.95. The van der Waals surface area contributed by atoms with E-state index in [0.717, 1.165) is 48.9 Å². The smallest absolute Gasteiger partial charge is 0.255 e. The molecule has 6 rings (SSSR count). The third kappa shape index (κ3) is 8.94. The summed E-state index contributed by atoms with van der Waals surface area (Å²) >= 11 is 6.07. The van der Waals surface area contributed by atoms with E-state index in [4.69, 9.17) is 54.0 Å². The molecule has 2 N–H and O–H groups in total. The van der Waals surface area contributed by atoms with Crippen molar-refractivity contribution in [2.24, 2.45) is 0 Å². The first kappa shape index (κ1) is 39.7. The number of nitrogens with zero attached hydrogens (tertiary/aromatic N) is 1. The van der Waals surface area contributed by atoms with E-state index < -0.39 is 6.17 Å². The molecule has 1 amide bonds. The molecule has 0 bridgehead atoms. The Morgan fingerprint density at radius 1 is 0.607 bits per heavy atom.